The summed E-state index contributed by atoms with van der Waals surface area (Å²) in [6, 6.07) is 16.6. The van der Waals surface area contributed by atoms with E-state index in [1.54, 1.807) is 0 Å². The number of rotatable bonds is 0. The summed E-state index contributed by atoms with van der Waals surface area (Å²) in [5.41, 5.74) is 1.06. The SMILES string of the molecule is b1nc2ccccc2c2ccccc12. The third-order valence-corrected chi connectivity index (χ3v) is 2.50. The van der Waals surface area contributed by atoms with Crippen LogP contribution in [-0.2, 0) is 0 Å². The van der Waals surface area contributed by atoms with Gasteiger partial charge < -0.3 is 0 Å². The Labute approximate surface area is 82.6 Å². The third kappa shape index (κ3) is 1.04. The summed E-state index contributed by atoms with van der Waals surface area (Å²) in [5.74, 6) is 0. The monoisotopic (exact) mass is 177 g/mol. The molecule has 3 rings (SSSR count). The molecule has 0 atom stereocenters. The van der Waals surface area contributed by atoms with E-state index >= 15 is 0 Å². The quantitative estimate of drug-likeness (QED) is 0.481. The molecule has 0 N–H and O–H groups in total. The third-order valence-electron chi connectivity index (χ3n) is 2.50. The van der Waals surface area contributed by atoms with Gasteiger partial charge in [-0.15, -0.1) is 0 Å². The molecular formula is C12H8BN. The average molecular weight is 177 g/mol. The normalized spacial score (nSPS) is 10.6. The van der Waals surface area contributed by atoms with Gasteiger partial charge in [0.2, 0.25) is 0 Å². The van der Waals surface area contributed by atoms with Crippen molar-refractivity contribution in [2.45, 2.75) is 0 Å². The van der Waals surface area contributed by atoms with E-state index < -0.39 is 0 Å². The van der Waals surface area contributed by atoms with E-state index in [2.05, 4.69) is 35.2 Å². The summed E-state index contributed by atoms with van der Waals surface area (Å²) in [4.78, 5) is 4.41. The first kappa shape index (κ1) is 7.68. The number of aromatic nitrogens is 1. The molecule has 2 heteroatoms. The molecule has 0 aliphatic rings. The van der Waals surface area contributed by atoms with Crippen LogP contribution >= 0.6 is 0 Å². The van der Waals surface area contributed by atoms with Crippen molar-refractivity contribution in [3.05, 3.63) is 48.5 Å². The molecule has 0 saturated carbocycles. The summed E-state index contributed by atoms with van der Waals surface area (Å²) in [6.45, 7) is 0. The Morgan fingerprint density at radius 2 is 1.50 bits per heavy atom. The van der Waals surface area contributed by atoms with Gasteiger partial charge in [0.25, 0.3) is 0 Å². The average Bonchev–Trinajstić information content (AvgIpc) is 2.29. The second kappa shape index (κ2) is 2.91. The molecule has 1 heterocycles. The second-order valence-corrected chi connectivity index (χ2v) is 3.36. The zero-order valence-corrected chi connectivity index (χ0v) is 7.64. The molecule has 1 aromatic heterocycles. The molecule has 0 aliphatic heterocycles. The first-order chi connectivity index (χ1) is 6.95. The van der Waals surface area contributed by atoms with Crippen molar-refractivity contribution in [1.29, 1.82) is 0 Å². The van der Waals surface area contributed by atoms with Crippen LogP contribution in [0, 0.1) is 0 Å². The molecule has 0 aliphatic carbocycles. The number of hydrogen-bond donors (Lipinski definition) is 0. The van der Waals surface area contributed by atoms with E-state index in [0.717, 1.165) is 5.52 Å². The number of fused-ring (bicyclic) bond motifs is 3. The first-order valence-corrected chi connectivity index (χ1v) is 4.68. The van der Waals surface area contributed by atoms with E-state index in [-0.39, 0.29) is 0 Å². The Bertz CT molecular complexity index is 549. The van der Waals surface area contributed by atoms with Gasteiger partial charge in [-0.1, -0.05) is 0 Å². The second-order valence-electron chi connectivity index (χ2n) is 3.36. The molecule has 0 spiro atoms. The minimum absolute atomic E-state index is 1.06. The van der Waals surface area contributed by atoms with Crippen LogP contribution in [0.3, 0.4) is 0 Å². The summed E-state index contributed by atoms with van der Waals surface area (Å²) >= 11 is 0. The molecule has 0 amide bonds. The molecule has 2 aromatic carbocycles. The fourth-order valence-corrected chi connectivity index (χ4v) is 1.81. The van der Waals surface area contributed by atoms with Crippen LogP contribution < -0.4 is 0 Å². The molecule has 14 heavy (non-hydrogen) atoms. The Kier molecular flexibility index (Phi) is 1.60. The fourth-order valence-electron chi connectivity index (χ4n) is 1.81. The molecular weight excluding hydrogens is 169 g/mol. The predicted octanol–water partition coefficient (Wildman–Crippen LogP) is 2.73. The standard InChI is InChI=1S/C12H8BN/c1-3-7-11-9(5-1)10-6-2-4-8-12(10)14-13-11/h1-8H. The molecule has 0 saturated heterocycles. The van der Waals surface area contributed by atoms with Gasteiger partial charge in [-0.3, -0.25) is 0 Å². The van der Waals surface area contributed by atoms with Crippen LogP contribution in [0.25, 0.3) is 21.6 Å². The van der Waals surface area contributed by atoms with Crippen molar-refractivity contribution in [2.75, 3.05) is 0 Å². The van der Waals surface area contributed by atoms with E-state index in [4.69, 9.17) is 0 Å². The van der Waals surface area contributed by atoms with Crippen molar-refractivity contribution in [1.82, 2.24) is 4.89 Å². The van der Waals surface area contributed by atoms with Crippen LogP contribution in [0.1, 0.15) is 0 Å². The minimum atomic E-state index is 1.06. The Morgan fingerprint density at radius 3 is 2.43 bits per heavy atom. The van der Waals surface area contributed by atoms with Gasteiger partial charge in [0.05, 0.1) is 0 Å². The molecule has 3 aromatic rings. The summed E-state index contributed by atoms with van der Waals surface area (Å²) in [6.07, 6.45) is 0. The van der Waals surface area contributed by atoms with Gasteiger partial charge in [-0.25, -0.2) is 0 Å². The summed E-state index contributed by atoms with van der Waals surface area (Å²) in [7, 11) is 1.93. The molecule has 64 valence electrons. The van der Waals surface area contributed by atoms with Gasteiger partial charge in [-0.05, 0) is 0 Å². The number of benzene rings is 2. The maximum atomic E-state index is 4.41. The molecule has 0 bridgehead atoms. The zero-order chi connectivity index (χ0) is 9.38. The van der Waals surface area contributed by atoms with Crippen molar-refractivity contribution in [2.24, 2.45) is 0 Å². The Morgan fingerprint density at radius 1 is 0.786 bits per heavy atom. The Hall–Kier alpha value is -1.70. The van der Waals surface area contributed by atoms with E-state index in [0.29, 0.717) is 0 Å². The van der Waals surface area contributed by atoms with Crippen LogP contribution in [0.4, 0.5) is 0 Å². The first-order valence-electron chi connectivity index (χ1n) is 4.68. The van der Waals surface area contributed by atoms with Gasteiger partial charge in [0, 0.05) is 0 Å². The van der Waals surface area contributed by atoms with Crippen molar-refractivity contribution >= 4 is 28.6 Å². The molecule has 1 nitrogen and oxygen atoms in total. The number of hydrogen-bond acceptors (Lipinski definition) is 1. The van der Waals surface area contributed by atoms with Crippen molar-refractivity contribution in [3.8, 4) is 0 Å². The molecule has 0 fully saturated rings. The van der Waals surface area contributed by atoms with Gasteiger partial charge in [0.1, 0.15) is 0 Å². The van der Waals surface area contributed by atoms with Crippen molar-refractivity contribution in [3.63, 3.8) is 0 Å². The van der Waals surface area contributed by atoms with Gasteiger partial charge >= 0.3 is 82.0 Å². The van der Waals surface area contributed by atoms with Crippen LogP contribution in [-0.4, -0.2) is 11.9 Å². The summed E-state index contributed by atoms with van der Waals surface area (Å²) < 4.78 is 0. The van der Waals surface area contributed by atoms with Gasteiger partial charge in [0.15, 0.2) is 0 Å². The molecule has 0 radical (unpaired) electrons. The van der Waals surface area contributed by atoms with Crippen molar-refractivity contribution < 1.29 is 0 Å². The zero-order valence-electron chi connectivity index (χ0n) is 7.64. The van der Waals surface area contributed by atoms with E-state index in [9.17, 15) is 0 Å². The molecule has 0 unspecified atom stereocenters. The topological polar surface area (TPSA) is 12.9 Å². The van der Waals surface area contributed by atoms with Gasteiger partial charge in [-0.2, -0.15) is 0 Å². The fraction of sp³-hybridized carbons (Fsp3) is 0. The van der Waals surface area contributed by atoms with Crippen LogP contribution in [0.5, 0.6) is 0 Å². The maximum absolute atomic E-state index is 4.41. The number of nitrogens with zero attached hydrogens (tertiary/aromatic N) is 1. The Balaban J connectivity index is 2.61. The predicted molar refractivity (Wildman–Crippen MR) is 60.6 cm³/mol. The van der Waals surface area contributed by atoms with E-state index in [1.807, 2.05) is 25.3 Å². The van der Waals surface area contributed by atoms with Crippen LogP contribution in [0.2, 0.25) is 0 Å². The summed E-state index contributed by atoms with van der Waals surface area (Å²) in [5, 5.41) is 3.70. The van der Waals surface area contributed by atoms with Crippen LogP contribution in [0.15, 0.2) is 48.5 Å². The van der Waals surface area contributed by atoms with E-state index in [1.165, 1.54) is 16.1 Å².